The van der Waals surface area contributed by atoms with Gasteiger partial charge in [0.25, 0.3) is 0 Å². The van der Waals surface area contributed by atoms with Crippen LogP contribution in [-0.4, -0.2) is 12.0 Å². The molecule has 0 spiro atoms. The van der Waals surface area contributed by atoms with Gasteiger partial charge in [-0.3, -0.25) is 0 Å². The van der Waals surface area contributed by atoms with Crippen molar-refractivity contribution in [3.8, 4) is 10.6 Å². The smallest absolute Gasteiger partial charge is 0.124 e. The highest BCUT2D eigenvalue weighted by Gasteiger charge is 2.23. The van der Waals surface area contributed by atoms with Gasteiger partial charge in [0, 0.05) is 22.4 Å². The molecular formula is C15H19FN2S. The Bertz CT molecular complexity index is 570. The number of nitrogens with one attached hydrogen (secondary N) is 1. The van der Waals surface area contributed by atoms with Crippen LogP contribution in [0.25, 0.3) is 10.6 Å². The van der Waals surface area contributed by atoms with E-state index in [-0.39, 0.29) is 11.2 Å². The summed E-state index contributed by atoms with van der Waals surface area (Å²) >= 11 is 1.63. The van der Waals surface area contributed by atoms with E-state index >= 15 is 0 Å². The van der Waals surface area contributed by atoms with Gasteiger partial charge in [-0.1, -0.05) is 32.9 Å². The van der Waals surface area contributed by atoms with E-state index in [0.717, 1.165) is 22.8 Å². The van der Waals surface area contributed by atoms with Crippen LogP contribution < -0.4 is 5.32 Å². The van der Waals surface area contributed by atoms with E-state index in [1.54, 1.807) is 17.4 Å². The molecule has 4 heteroatoms. The molecule has 2 nitrogen and oxygen atoms in total. The van der Waals surface area contributed by atoms with Gasteiger partial charge in [0.2, 0.25) is 0 Å². The molecule has 1 N–H and O–H groups in total. The monoisotopic (exact) mass is 278 g/mol. The number of halogens is 1. The Hall–Kier alpha value is -1.26. The fraction of sp³-hybridized carbons (Fsp3) is 0.400. The number of aromatic nitrogens is 1. The van der Waals surface area contributed by atoms with Gasteiger partial charge in [-0.2, -0.15) is 0 Å². The summed E-state index contributed by atoms with van der Waals surface area (Å²) < 4.78 is 13.3. The van der Waals surface area contributed by atoms with E-state index in [0.29, 0.717) is 0 Å². The standard InChI is InChI=1S/C15H19FN2S/c1-15(2,3)13-12(9-17-4)19-14(18-13)10-6-5-7-11(16)8-10/h5-8,17H,9H2,1-4H3. The number of hydrogen-bond acceptors (Lipinski definition) is 3. The highest BCUT2D eigenvalue weighted by Crippen LogP contribution is 2.34. The van der Waals surface area contributed by atoms with Crippen LogP contribution in [0.4, 0.5) is 4.39 Å². The quantitative estimate of drug-likeness (QED) is 0.919. The number of hydrogen-bond donors (Lipinski definition) is 1. The largest absolute Gasteiger partial charge is 0.315 e. The van der Waals surface area contributed by atoms with E-state index in [1.807, 2.05) is 13.1 Å². The molecule has 0 unspecified atom stereocenters. The first kappa shape index (κ1) is 14.2. The lowest BCUT2D eigenvalue weighted by molar-refractivity contribution is 0.563. The van der Waals surface area contributed by atoms with Crippen molar-refractivity contribution >= 4 is 11.3 Å². The molecule has 0 bridgehead atoms. The van der Waals surface area contributed by atoms with Crippen molar-refractivity contribution in [1.29, 1.82) is 0 Å². The first-order valence-corrected chi connectivity index (χ1v) is 7.14. The molecule has 1 aromatic heterocycles. The van der Waals surface area contributed by atoms with Crippen LogP contribution >= 0.6 is 11.3 Å². The first-order chi connectivity index (χ1) is 8.91. The fourth-order valence-electron chi connectivity index (χ4n) is 1.96. The molecule has 0 aliphatic heterocycles. The molecule has 0 saturated carbocycles. The molecule has 2 aromatic rings. The lowest BCUT2D eigenvalue weighted by Gasteiger charge is -2.17. The lowest BCUT2D eigenvalue weighted by Crippen LogP contribution is -2.16. The Labute approximate surface area is 117 Å². The van der Waals surface area contributed by atoms with Gasteiger partial charge in [0.05, 0.1) is 5.69 Å². The van der Waals surface area contributed by atoms with Crippen LogP contribution in [-0.2, 0) is 12.0 Å². The van der Waals surface area contributed by atoms with Crippen molar-refractivity contribution in [1.82, 2.24) is 10.3 Å². The normalized spacial score (nSPS) is 11.8. The summed E-state index contributed by atoms with van der Waals surface area (Å²) in [5, 5.41) is 4.05. The van der Waals surface area contributed by atoms with Gasteiger partial charge >= 0.3 is 0 Å². The van der Waals surface area contributed by atoms with Gasteiger partial charge in [-0.15, -0.1) is 11.3 Å². The third-order valence-electron chi connectivity index (χ3n) is 2.82. The third kappa shape index (κ3) is 3.19. The summed E-state index contributed by atoms with van der Waals surface area (Å²) in [6.07, 6.45) is 0. The third-order valence-corrected chi connectivity index (χ3v) is 3.92. The molecule has 1 aromatic carbocycles. The number of nitrogens with zero attached hydrogens (tertiary/aromatic N) is 1. The van der Waals surface area contributed by atoms with Crippen molar-refractivity contribution < 1.29 is 4.39 Å². The van der Waals surface area contributed by atoms with Crippen molar-refractivity contribution in [2.75, 3.05) is 7.05 Å². The van der Waals surface area contributed by atoms with Gasteiger partial charge < -0.3 is 5.32 Å². The van der Waals surface area contributed by atoms with Crippen LogP contribution in [0.1, 0.15) is 31.3 Å². The molecule has 102 valence electrons. The van der Waals surface area contributed by atoms with Gasteiger partial charge in [-0.05, 0) is 19.2 Å². The van der Waals surface area contributed by atoms with E-state index in [1.165, 1.54) is 17.0 Å². The summed E-state index contributed by atoms with van der Waals surface area (Å²) in [4.78, 5) is 5.94. The number of thiazole rings is 1. The number of rotatable bonds is 3. The first-order valence-electron chi connectivity index (χ1n) is 6.32. The zero-order valence-corrected chi connectivity index (χ0v) is 12.6. The summed E-state index contributed by atoms with van der Waals surface area (Å²) in [6.45, 7) is 7.24. The van der Waals surface area contributed by atoms with Crippen LogP contribution in [0.3, 0.4) is 0 Å². The topological polar surface area (TPSA) is 24.9 Å². The average molecular weight is 278 g/mol. The lowest BCUT2D eigenvalue weighted by atomic mass is 9.91. The molecule has 0 fully saturated rings. The Morgan fingerprint density at radius 1 is 1.32 bits per heavy atom. The summed E-state index contributed by atoms with van der Waals surface area (Å²) in [5.74, 6) is -0.222. The van der Waals surface area contributed by atoms with Crippen LogP contribution in [0.15, 0.2) is 24.3 Å². The zero-order valence-electron chi connectivity index (χ0n) is 11.7. The molecule has 2 rings (SSSR count). The predicted molar refractivity (Wildman–Crippen MR) is 79.0 cm³/mol. The summed E-state index contributed by atoms with van der Waals surface area (Å²) in [6, 6.07) is 6.61. The zero-order chi connectivity index (χ0) is 14.0. The Morgan fingerprint density at radius 3 is 2.63 bits per heavy atom. The maximum absolute atomic E-state index is 13.3. The maximum atomic E-state index is 13.3. The molecule has 0 saturated heterocycles. The minimum atomic E-state index is -0.222. The van der Waals surface area contributed by atoms with Gasteiger partial charge in [-0.25, -0.2) is 9.37 Å². The molecule has 1 heterocycles. The number of benzene rings is 1. The second-order valence-corrected chi connectivity index (χ2v) is 6.67. The Morgan fingerprint density at radius 2 is 2.05 bits per heavy atom. The SMILES string of the molecule is CNCc1sc(-c2cccc(F)c2)nc1C(C)(C)C. The van der Waals surface area contributed by atoms with Crippen LogP contribution in [0.5, 0.6) is 0 Å². The van der Waals surface area contributed by atoms with Crippen molar-refractivity contribution in [2.45, 2.75) is 32.7 Å². The second-order valence-electron chi connectivity index (χ2n) is 5.58. The summed E-state index contributed by atoms with van der Waals surface area (Å²) in [5.41, 5.74) is 1.93. The van der Waals surface area contributed by atoms with Gasteiger partial charge in [0.1, 0.15) is 10.8 Å². The highest BCUT2D eigenvalue weighted by atomic mass is 32.1. The van der Waals surface area contributed by atoms with E-state index in [2.05, 4.69) is 26.1 Å². The maximum Gasteiger partial charge on any atom is 0.124 e. The minimum Gasteiger partial charge on any atom is -0.315 e. The second kappa shape index (κ2) is 5.39. The van der Waals surface area contributed by atoms with Crippen LogP contribution in [0, 0.1) is 5.82 Å². The molecule has 0 amide bonds. The summed E-state index contributed by atoms with van der Waals surface area (Å²) in [7, 11) is 1.92. The van der Waals surface area contributed by atoms with E-state index in [9.17, 15) is 4.39 Å². The molecular weight excluding hydrogens is 259 g/mol. The highest BCUT2D eigenvalue weighted by molar-refractivity contribution is 7.15. The molecule has 19 heavy (non-hydrogen) atoms. The fourth-order valence-corrected chi connectivity index (χ4v) is 3.24. The van der Waals surface area contributed by atoms with Crippen molar-refractivity contribution in [2.24, 2.45) is 0 Å². The Kier molecular flexibility index (Phi) is 4.02. The molecule has 0 radical (unpaired) electrons. The van der Waals surface area contributed by atoms with E-state index < -0.39 is 0 Å². The molecule has 0 atom stereocenters. The van der Waals surface area contributed by atoms with Crippen LogP contribution in [0.2, 0.25) is 0 Å². The van der Waals surface area contributed by atoms with Crippen molar-refractivity contribution in [3.05, 3.63) is 40.7 Å². The van der Waals surface area contributed by atoms with Gasteiger partial charge in [0.15, 0.2) is 0 Å². The van der Waals surface area contributed by atoms with E-state index in [4.69, 9.17) is 4.98 Å². The average Bonchev–Trinajstić information content (AvgIpc) is 2.73. The minimum absolute atomic E-state index is 0.00570. The molecule has 0 aliphatic rings. The predicted octanol–water partition coefficient (Wildman–Crippen LogP) is 3.97. The Balaban J connectivity index is 2.48. The molecule has 0 aliphatic carbocycles. The van der Waals surface area contributed by atoms with Crippen molar-refractivity contribution in [3.63, 3.8) is 0 Å².